The number of aryl methyl sites for hydroxylation is 2. The van der Waals surface area contributed by atoms with Crippen LogP contribution in [-0.4, -0.2) is 25.3 Å². The maximum atomic E-state index is 8.50. The van der Waals surface area contributed by atoms with Crippen LogP contribution in [0, 0.1) is 25.2 Å². The van der Waals surface area contributed by atoms with Gasteiger partial charge in [-0.2, -0.15) is 5.26 Å². The second-order valence-corrected chi connectivity index (χ2v) is 4.17. The molecular weight excluding hydrogens is 210 g/mol. The Morgan fingerprint density at radius 2 is 1.82 bits per heavy atom. The fraction of sp³-hybridized carbons (Fsp3) is 0.286. The summed E-state index contributed by atoms with van der Waals surface area (Å²) in [5, 5.41) is 8.50. The molecule has 17 heavy (non-hydrogen) atoms. The van der Waals surface area contributed by atoms with E-state index in [4.69, 9.17) is 5.26 Å². The van der Waals surface area contributed by atoms with E-state index in [1.54, 1.807) is 12.4 Å². The van der Waals surface area contributed by atoms with Crippen molar-refractivity contribution in [1.29, 1.82) is 5.26 Å². The normalized spacial score (nSPS) is 11.0. The zero-order valence-corrected chi connectivity index (χ0v) is 10.7. The minimum absolute atomic E-state index is 0.993. The smallest absolute Gasteiger partial charge is 0.0912 e. The minimum atomic E-state index is 0.993. The fourth-order valence-corrected chi connectivity index (χ4v) is 1.60. The maximum Gasteiger partial charge on any atom is 0.0912 e. The van der Waals surface area contributed by atoms with Crippen LogP contribution in [0.5, 0.6) is 0 Å². The molecule has 0 radical (unpaired) electrons. The van der Waals surface area contributed by atoms with Crippen molar-refractivity contribution < 1.29 is 0 Å². The predicted octanol–water partition coefficient (Wildman–Crippen LogP) is 3.06. The zero-order chi connectivity index (χ0) is 12.8. The van der Waals surface area contributed by atoms with Crippen molar-refractivity contribution in [3.8, 4) is 6.07 Å². The number of benzene rings is 1. The number of hydrogen-bond acceptors (Lipinski definition) is 2. The Hall–Kier alpha value is -2.08. The summed E-state index contributed by atoms with van der Waals surface area (Å²) in [5.41, 5.74) is 4.25. The topological polar surface area (TPSA) is 39.4 Å². The molecular formula is C14H17N3. The largest absolute Gasteiger partial charge is 0.369 e. The fourth-order valence-electron chi connectivity index (χ4n) is 1.60. The number of allylic oxidation sites excluding steroid dienone is 1. The van der Waals surface area contributed by atoms with Crippen LogP contribution in [0.1, 0.15) is 16.7 Å². The molecule has 3 nitrogen and oxygen atoms in total. The van der Waals surface area contributed by atoms with Crippen LogP contribution in [0.25, 0.3) is 6.08 Å². The van der Waals surface area contributed by atoms with E-state index in [2.05, 4.69) is 4.99 Å². The summed E-state index contributed by atoms with van der Waals surface area (Å²) in [5.74, 6) is 0. The molecule has 3 heteroatoms. The molecule has 88 valence electrons. The van der Waals surface area contributed by atoms with Gasteiger partial charge in [0.05, 0.1) is 18.1 Å². The number of hydrogen-bond donors (Lipinski definition) is 0. The first kappa shape index (κ1) is 13.0. The standard InChI is InChI=1S/C14H17N3/c1-11-8-13(6-5-7-15)9-12(2)14(11)16-10-17(3)4/h5-6,8-10H,1-4H3/b6-5+,16-10+. The van der Waals surface area contributed by atoms with Crippen molar-refractivity contribution in [2.45, 2.75) is 13.8 Å². The lowest BCUT2D eigenvalue weighted by Crippen LogP contribution is -2.07. The Balaban J connectivity index is 3.11. The summed E-state index contributed by atoms with van der Waals surface area (Å²) in [4.78, 5) is 6.34. The van der Waals surface area contributed by atoms with Gasteiger partial charge in [0, 0.05) is 20.2 Å². The van der Waals surface area contributed by atoms with E-state index < -0.39 is 0 Å². The van der Waals surface area contributed by atoms with Gasteiger partial charge in [-0.1, -0.05) is 0 Å². The van der Waals surface area contributed by atoms with Crippen LogP contribution in [0.2, 0.25) is 0 Å². The molecule has 0 fully saturated rings. The van der Waals surface area contributed by atoms with Crippen LogP contribution < -0.4 is 0 Å². The Bertz CT molecular complexity index is 468. The molecule has 0 amide bonds. The van der Waals surface area contributed by atoms with Crippen molar-refractivity contribution in [2.24, 2.45) is 4.99 Å². The van der Waals surface area contributed by atoms with E-state index in [-0.39, 0.29) is 0 Å². The predicted molar refractivity (Wildman–Crippen MR) is 72.4 cm³/mol. The first-order valence-corrected chi connectivity index (χ1v) is 5.42. The van der Waals surface area contributed by atoms with Gasteiger partial charge in [-0.05, 0) is 48.7 Å². The minimum Gasteiger partial charge on any atom is -0.369 e. The van der Waals surface area contributed by atoms with Crippen molar-refractivity contribution in [1.82, 2.24) is 4.90 Å². The first-order chi connectivity index (χ1) is 8.04. The molecule has 0 heterocycles. The molecule has 0 aliphatic heterocycles. The molecule has 0 spiro atoms. The average Bonchev–Trinajstić information content (AvgIpc) is 2.24. The Labute approximate surface area is 103 Å². The van der Waals surface area contributed by atoms with E-state index in [1.165, 1.54) is 6.08 Å². The molecule has 0 aromatic heterocycles. The van der Waals surface area contributed by atoms with E-state index >= 15 is 0 Å². The first-order valence-electron chi connectivity index (χ1n) is 5.42. The molecule has 0 saturated carbocycles. The van der Waals surface area contributed by atoms with E-state index in [1.807, 2.05) is 51.0 Å². The van der Waals surface area contributed by atoms with Gasteiger partial charge in [-0.3, -0.25) is 0 Å². The highest BCUT2D eigenvalue weighted by Gasteiger charge is 2.02. The maximum absolute atomic E-state index is 8.50. The number of rotatable bonds is 3. The van der Waals surface area contributed by atoms with Crippen molar-refractivity contribution in [2.75, 3.05) is 14.1 Å². The highest BCUT2D eigenvalue weighted by molar-refractivity contribution is 5.67. The second kappa shape index (κ2) is 5.86. The number of nitriles is 1. The quantitative estimate of drug-likeness (QED) is 0.452. The van der Waals surface area contributed by atoms with Crippen LogP contribution in [0.15, 0.2) is 23.2 Å². The van der Waals surface area contributed by atoms with Gasteiger partial charge >= 0.3 is 0 Å². The molecule has 0 atom stereocenters. The van der Waals surface area contributed by atoms with Crippen molar-refractivity contribution >= 4 is 18.1 Å². The molecule has 1 aromatic carbocycles. The van der Waals surface area contributed by atoms with Crippen LogP contribution in [-0.2, 0) is 0 Å². The molecule has 1 rings (SSSR count). The molecule has 0 bridgehead atoms. The van der Waals surface area contributed by atoms with Gasteiger partial charge in [0.1, 0.15) is 0 Å². The lowest BCUT2D eigenvalue weighted by molar-refractivity contribution is 0.643. The van der Waals surface area contributed by atoms with Gasteiger partial charge in [-0.15, -0.1) is 0 Å². The third-order valence-electron chi connectivity index (χ3n) is 2.28. The lowest BCUT2D eigenvalue weighted by atomic mass is 10.0. The monoisotopic (exact) mass is 227 g/mol. The molecule has 0 aliphatic carbocycles. The summed E-state index contributed by atoms with van der Waals surface area (Å²) >= 11 is 0. The van der Waals surface area contributed by atoms with E-state index in [9.17, 15) is 0 Å². The SMILES string of the molecule is Cc1cc(/C=C/C#N)cc(C)c1/N=C/N(C)C. The van der Waals surface area contributed by atoms with Crippen molar-refractivity contribution in [3.63, 3.8) is 0 Å². The molecule has 0 N–H and O–H groups in total. The van der Waals surface area contributed by atoms with Crippen LogP contribution in [0.3, 0.4) is 0 Å². The van der Waals surface area contributed by atoms with E-state index in [0.29, 0.717) is 0 Å². The molecule has 0 saturated heterocycles. The molecule has 1 aromatic rings. The Morgan fingerprint density at radius 1 is 1.24 bits per heavy atom. The van der Waals surface area contributed by atoms with Gasteiger partial charge in [0.25, 0.3) is 0 Å². The average molecular weight is 227 g/mol. The van der Waals surface area contributed by atoms with E-state index in [0.717, 1.165) is 22.4 Å². The summed E-state index contributed by atoms with van der Waals surface area (Å²) in [7, 11) is 3.89. The second-order valence-electron chi connectivity index (χ2n) is 4.17. The summed E-state index contributed by atoms with van der Waals surface area (Å²) < 4.78 is 0. The Morgan fingerprint density at radius 3 is 2.29 bits per heavy atom. The third kappa shape index (κ3) is 3.76. The number of nitrogens with zero attached hydrogens (tertiary/aromatic N) is 3. The summed E-state index contributed by atoms with van der Waals surface area (Å²) in [6.07, 6.45) is 5.08. The van der Waals surface area contributed by atoms with Gasteiger partial charge in [0.2, 0.25) is 0 Å². The van der Waals surface area contributed by atoms with Gasteiger partial charge in [0.15, 0.2) is 0 Å². The van der Waals surface area contributed by atoms with Gasteiger partial charge in [-0.25, -0.2) is 4.99 Å². The van der Waals surface area contributed by atoms with Gasteiger partial charge < -0.3 is 4.90 Å². The summed E-state index contributed by atoms with van der Waals surface area (Å²) in [6.45, 7) is 4.05. The third-order valence-corrected chi connectivity index (χ3v) is 2.28. The highest BCUT2D eigenvalue weighted by atomic mass is 15.1. The highest BCUT2D eigenvalue weighted by Crippen LogP contribution is 2.25. The summed E-state index contributed by atoms with van der Waals surface area (Å²) in [6, 6.07) is 6.05. The lowest BCUT2D eigenvalue weighted by Gasteiger charge is -2.08. The van der Waals surface area contributed by atoms with Crippen LogP contribution in [0.4, 0.5) is 5.69 Å². The Kier molecular flexibility index (Phi) is 4.47. The molecule has 0 aliphatic rings. The van der Waals surface area contributed by atoms with Crippen molar-refractivity contribution in [3.05, 3.63) is 34.9 Å². The zero-order valence-electron chi connectivity index (χ0n) is 10.7. The number of aliphatic imine (C=N–C) groups is 1. The molecule has 0 unspecified atom stereocenters. The van der Waals surface area contributed by atoms with Crippen LogP contribution >= 0.6 is 0 Å².